The molecule has 0 aliphatic rings. The first-order valence-electron chi connectivity index (χ1n) is 18.9. The summed E-state index contributed by atoms with van der Waals surface area (Å²) in [5, 5.41) is 3.49. The summed E-state index contributed by atoms with van der Waals surface area (Å²) in [6, 6.07) is 74.5. The molecule has 0 saturated heterocycles. The molecule has 2 heterocycles. The third-order valence-corrected chi connectivity index (χ3v) is 10.5. The molecular formula is C53H35N3. The van der Waals surface area contributed by atoms with Crippen LogP contribution in [-0.4, -0.2) is 15.0 Å². The molecule has 8 aromatic carbocycles. The highest BCUT2D eigenvalue weighted by Gasteiger charge is 2.16. The normalized spacial score (nSPS) is 11.2. The van der Waals surface area contributed by atoms with Gasteiger partial charge in [0.1, 0.15) is 0 Å². The van der Waals surface area contributed by atoms with E-state index in [1.165, 1.54) is 21.9 Å². The van der Waals surface area contributed by atoms with Crippen LogP contribution >= 0.6 is 0 Å². The predicted molar refractivity (Wildman–Crippen MR) is 233 cm³/mol. The van der Waals surface area contributed by atoms with Crippen molar-refractivity contribution in [2.24, 2.45) is 0 Å². The van der Waals surface area contributed by atoms with E-state index in [1.807, 2.05) is 18.2 Å². The predicted octanol–water partition coefficient (Wildman–Crippen LogP) is 13.8. The number of fused-ring (bicyclic) bond motifs is 3. The van der Waals surface area contributed by atoms with E-state index in [0.717, 1.165) is 72.5 Å². The maximum Gasteiger partial charge on any atom is 0.160 e. The second kappa shape index (κ2) is 14.4. The molecule has 0 fully saturated rings. The topological polar surface area (TPSA) is 38.7 Å². The van der Waals surface area contributed by atoms with Crippen LogP contribution in [0.5, 0.6) is 0 Å². The summed E-state index contributed by atoms with van der Waals surface area (Å²) >= 11 is 0. The van der Waals surface area contributed by atoms with Crippen LogP contribution in [0.25, 0.3) is 100 Å². The van der Waals surface area contributed by atoms with Crippen molar-refractivity contribution in [3.05, 3.63) is 212 Å². The molecule has 0 aliphatic carbocycles. The van der Waals surface area contributed by atoms with Gasteiger partial charge in [-0.25, -0.2) is 15.0 Å². The highest BCUT2D eigenvalue weighted by atomic mass is 14.9. The molecule has 56 heavy (non-hydrogen) atoms. The Hall–Kier alpha value is -7.49. The Morgan fingerprint density at radius 2 is 0.732 bits per heavy atom. The lowest BCUT2D eigenvalue weighted by Crippen LogP contribution is -1.97. The van der Waals surface area contributed by atoms with E-state index >= 15 is 0 Å². The summed E-state index contributed by atoms with van der Waals surface area (Å²) in [5.74, 6) is 0.668. The van der Waals surface area contributed by atoms with Gasteiger partial charge in [-0.2, -0.15) is 0 Å². The summed E-state index contributed by atoms with van der Waals surface area (Å²) in [6.45, 7) is 0. The fraction of sp³-hybridized carbons (Fsp3) is 0. The molecule has 10 rings (SSSR count). The third kappa shape index (κ3) is 6.42. The van der Waals surface area contributed by atoms with Crippen molar-refractivity contribution in [3.63, 3.8) is 0 Å². The van der Waals surface area contributed by atoms with E-state index in [0.29, 0.717) is 5.82 Å². The van der Waals surface area contributed by atoms with E-state index in [9.17, 15) is 0 Å². The molecule has 3 nitrogen and oxygen atoms in total. The molecule has 2 aromatic heterocycles. The quantitative estimate of drug-likeness (QED) is 0.154. The average Bonchev–Trinajstić information content (AvgIpc) is 3.29. The van der Waals surface area contributed by atoms with Gasteiger partial charge in [0.25, 0.3) is 0 Å². The minimum Gasteiger partial charge on any atom is -0.248 e. The fourth-order valence-electron chi connectivity index (χ4n) is 7.67. The minimum atomic E-state index is 0.668. The number of hydrogen-bond donors (Lipinski definition) is 0. The Labute approximate surface area is 326 Å². The van der Waals surface area contributed by atoms with Gasteiger partial charge >= 0.3 is 0 Å². The first-order chi connectivity index (χ1) is 27.7. The average molecular weight is 714 g/mol. The summed E-state index contributed by atoms with van der Waals surface area (Å²) < 4.78 is 0. The number of hydrogen-bond acceptors (Lipinski definition) is 3. The van der Waals surface area contributed by atoms with Crippen molar-refractivity contribution in [3.8, 4) is 78.5 Å². The van der Waals surface area contributed by atoms with E-state index in [4.69, 9.17) is 15.0 Å². The Morgan fingerprint density at radius 3 is 1.36 bits per heavy atom. The van der Waals surface area contributed by atoms with Crippen LogP contribution < -0.4 is 0 Å². The van der Waals surface area contributed by atoms with Crippen LogP contribution in [0.4, 0.5) is 0 Å². The minimum absolute atomic E-state index is 0.668. The van der Waals surface area contributed by atoms with Crippen molar-refractivity contribution in [2.45, 2.75) is 0 Å². The molecule has 0 unspecified atom stereocenters. The van der Waals surface area contributed by atoms with Gasteiger partial charge in [-0.1, -0.05) is 176 Å². The van der Waals surface area contributed by atoms with Crippen molar-refractivity contribution in [2.75, 3.05) is 0 Å². The fourth-order valence-corrected chi connectivity index (χ4v) is 7.67. The van der Waals surface area contributed by atoms with Crippen LogP contribution in [0, 0.1) is 0 Å². The van der Waals surface area contributed by atoms with Gasteiger partial charge in [-0.05, 0) is 80.6 Å². The van der Waals surface area contributed by atoms with Crippen LogP contribution in [0.3, 0.4) is 0 Å². The second-order valence-corrected chi connectivity index (χ2v) is 14.0. The van der Waals surface area contributed by atoms with Crippen molar-refractivity contribution >= 4 is 21.7 Å². The lowest BCUT2D eigenvalue weighted by molar-refractivity contribution is 1.18. The number of pyridine rings is 1. The van der Waals surface area contributed by atoms with Gasteiger partial charge in [0.05, 0.1) is 22.6 Å². The Balaban J connectivity index is 1.16. The maximum atomic E-state index is 5.30. The van der Waals surface area contributed by atoms with Gasteiger partial charge in [0.2, 0.25) is 0 Å². The third-order valence-electron chi connectivity index (χ3n) is 10.5. The van der Waals surface area contributed by atoms with Crippen molar-refractivity contribution in [1.82, 2.24) is 15.0 Å². The summed E-state index contributed by atoms with van der Waals surface area (Å²) in [7, 11) is 0. The molecule has 10 aromatic rings. The van der Waals surface area contributed by atoms with Gasteiger partial charge in [-0.15, -0.1) is 0 Å². The highest BCUT2D eigenvalue weighted by molar-refractivity contribution is 6.14. The van der Waals surface area contributed by atoms with Crippen LogP contribution in [0.1, 0.15) is 0 Å². The van der Waals surface area contributed by atoms with E-state index in [-0.39, 0.29) is 0 Å². The van der Waals surface area contributed by atoms with Crippen LogP contribution in [0.2, 0.25) is 0 Å². The second-order valence-electron chi connectivity index (χ2n) is 14.0. The smallest absolute Gasteiger partial charge is 0.160 e. The highest BCUT2D eigenvalue weighted by Crippen LogP contribution is 2.38. The number of benzene rings is 8. The summed E-state index contributed by atoms with van der Waals surface area (Å²) in [5.41, 5.74) is 14.5. The van der Waals surface area contributed by atoms with Crippen LogP contribution in [0.15, 0.2) is 212 Å². The Morgan fingerprint density at radius 1 is 0.268 bits per heavy atom. The molecule has 0 amide bonds. The zero-order chi connectivity index (χ0) is 37.3. The molecule has 0 spiro atoms. The lowest BCUT2D eigenvalue weighted by atomic mass is 9.93. The SMILES string of the molecule is c1ccc(-c2cccc(-c3cc(-c4cccc(-c5ccccc5)c4)nc(-c4cccc(-c5cc(-c6ccccc6)nc6ccc7ccccc7c56)c4)n3)c2)cc1. The lowest BCUT2D eigenvalue weighted by Gasteiger charge is -2.14. The summed E-state index contributed by atoms with van der Waals surface area (Å²) in [6.07, 6.45) is 0. The van der Waals surface area contributed by atoms with E-state index < -0.39 is 0 Å². The summed E-state index contributed by atoms with van der Waals surface area (Å²) in [4.78, 5) is 15.8. The number of rotatable bonds is 7. The Bertz CT molecular complexity index is 2910. The molecular weight excluding hydrogens is 679 g/mol. The molecule has 0 radical (unpaired) electrons. The first-order valence-corrected chi connectivity index (χ1v) is 18.9. The molecule has 262 valence electrons. The first kappa shape index (κ1) is 33.1. The van der Waals surface area contributed by atoms with Crippen molar-refractivity contribution in [1.29, 1.82) is 0 Å². The standard InChI is InChI=1S/C53H35N3/c1-4-15-36(16-5-1)40-22-12-25-43(31-40)50-35-51(44-26-13-23-41(32-44)37-17-6-2-7-18-37)56-53(55-50)45-27-14-24-42(33-45)47-34-49(39-20-8-3-9-21-39)54-48-30-29-38-19-10-11-28-46(38)52(47)48/h1-35H. The van der Waals surface area contributed by atoms with E-state index in [1.54, 1.807) is 0 Å². The van der Waals surface area contributed by atoms with Gasteiger partial charge < -0.3 is 0 Å². The molecule has 0 atom stereocenters. The molecule has 0 saturated carbocycles. The molecule has 3 heteroatoms. The van der Waals surface area contributed by atoms with Crippen LogP contribution in [-0.2, 0) is 0 Å². The van der Waals surface area contributed by atoms with Gasteiger partial charge in [-0.3, -0.25) is 0 Å². The monoisotopic (exact) mass is 713 g/mol. The number of aromatic nitrogens is 3. The largest absolute Gasteiger partial charge is 0.248 e. The zero-order valence-electron chi connectivity index (χ0n) is 30.5. The zero-order valence-corrected chi connectivity index (χ0v) is 30.5. The maximum absolute atomic E-state index is 5.30. The molecule has 0 aliphatic heterocycles. The number of nitrogens with zero attached hydrogens (tertiary/aromatic N) is 3. The van der Waals surface area contributed by atoms with Gasteiger partial charge in [0.15, 0.2) is 5.82 Å². The van der Waals surface area contributed by atoms with E-state index in [2.05, 4.69) is 194 Å². The Kier molecular flexibility index (Phi) is 8.51. The van der Waals surface area contributed by atoms with Crippen molar-refractivity contribution < 1.29 is 0 Å². The molecule has 0 bridgehead atoms. The molecule has 0 N–H and O–H groups in total. The van der Waals surface area contributed by atoms with Gasteiger partial charge in [0, 0.05) is 27.6 Å².